The van der Waals surface area contributed by atoms with Gasteiger partial charge in [-0.1, -0.05) is 35.5 Å². The van der Waals surface area contributed by atoms with Crippen LogP contribution < -0.4 is 10.2 Å². The van der Waals surface area contributed by atoms with Crippen LogP contribution in [0.4, 0.5) is 11.6 Å². The highest BCUT2D eigenvalue weighted by molar-refractivity contribution is 6.02. The maximum atomic E-state index is 12.3. The lowest BCUT2D eigenvalue weighted by Gasteiger charge is -2.18. The summed E-state index contributed by atoms with van der Waals surface area (Å²) in [4.78, 5) is 22.5. The number of hydrogen-bond acceptors (Lipinski definition) is 6. The topological polar surface area (TPSA) is 84.2 Å². The largest absolute Gasteiger partial charge is 0.360 e. The zero-order valence-electron chi connectivity index (χ0n) is 13.4. The van der Waals surface area contributed by atoms with E-state index in [4.69, 9.17) is 4.52 Å². The van der Waals surface area contributed by atoms with Gasteiger partial charge in [-0.15, -0.1) is 0 Å². The van der Waals surface area contributed by atoms with Crippen molar-refractivity contribution >= 4 is 17.5 Å². The molecule has 0 radical (unpaired) electrons. The van der Waals surface area contributed by atoms with Crippen molar-refractivity contribution in [2.24, 2.45) is 0 Å². The van der Waals surface area contributed by atoms with Gasteiger partial charge in [-0.2, -0.15) is 0 Å². The van der Waals surface area contributed by atoms with Crippen molar-refractivity contribution in [1.82, 2.24) is 15.1 Å². The highest BCUT2D eigenvalue weighted by Crippen LogP contribution is 2.14. The average molecular weight is 323 g/mol. The molecule has 0 unspecified atom stereocenters. The van der Waals surface area contributed by atoms with E-state index in [1.54, 1.807) is 19.1 Å². The van der Waals surface area contributed by atoms with Crippen LogP contribution in [0.1, 0.15) is 21.8 Å². The average Bonchev–Trinajstić information content (AvgIpc) is 3.00. The molecule has 0 bridgehead atoms. The van der Waals surface area contributed by atoms with Crippen molar-refractivity contribution < 1.29 is 9.32 Å². The molecule has 7 heteroatoms. The first-order valence-corrected chi connectivity index (χ1v) is 7.43. The first-order chi connectivity index (χ1) is 11.6. The maximum Gasteiger partial charge on any atom is 0.275 e. The normalized spacial score (nSPS) is 10.4. The number of aromatic nitrogens is 3. The first-order valence-electron chi connectivity index (χ1n) is 7.43. The summed E-state index contributed by atoms with van der Waals surface area (Å²) in [5, 5.41) is 6.38. The van der Waals surface area contributed by atoms with Crippen LogP contribution in [-0.2, 0) is 6.54 Å². The predicted octanol–water partition coefficient (Wildman–Crippen LogP) is 2.66. The summed E-state index contributed by atoms with van der Waals surface area (Å²) in [6.45, 7) is 2.44. The van der Waals surface area contributed by atoms with Crippen molar-refractivity contribution in [2.45, 2.75) is 13.5 Å². The number of benzene rings is 1. The van der Waals surface area contributed by atoms with Crippen LogP contribution in [0.25, 0.3) is 0 Å². The zero-order chi connectivity index (χ0) is 16.9. The molecular weight excluding hydrogens is 306 g/mol. The molecule has 0 spiro atoms. The minimum atomic E-state index is -0.361. The maximum absolute atomic E-state index is 12.3. The minimum Gasteiger partial charge on any atom is -0.360 e. The van der Waals surface area contributed by atoms with Crippen molar-refractivity contribution in [2.75, 3.05) is 17.3 Å². The van der Waals surface area contributed by atoms with Gasteiger partial charge in [-0.3, -0.25) is 4.79 Å². The smallest absolute Gasteiger partial charge is 0.275 e. The van der Waals surface area contributed by atoms with E-state index in [1.807, 2.05) is 42.3 Å². The van der Waals surface area contributed by atoms with Crippen LogP contribution in [0.15, 0.2) is 53.3 Å². The Labute approximate surface area is 139 Å². The highest BCUT2D eigenvalue weighted by Gasteiger charge is 2.13. The lowest BCUT2D eigenvalue weighted by atomic mass is 10.2. The Hall–Kier alpha value is -3.22. The molecule has 7 nitrogen and oxygen atoms in total. The summed E-state index contributed by atoms with van der Waals surface area (Å²) in [7, 11) is 1.91. The van der Waals surface area contributed by atoms with E-state index >= 15 is 0 Å². The molecule has 24 heavy (non-hydrogen) atoms. The van der Waals surface area contributed by atoms with Gasteiger partial charge in [-0.25, -0.2) is 9.97 Å². The van der Waals surface area contributed by atoms with Gasteiger partial charge < -0.3 is 14.7 Å². The van der Waals surface area contributed by atoms with Gasteiger partial charge in [0.1, 0.15) is 23.6 Å². The third kappa shape index (κ3) is 3.75. The number of nitrogens with zero attached hydrogens (tertiary/aromatic N) is 4. The van der Waals surface area contributed by atoms with Crippen LogP contribution in [0.3, 0.4) is 0 Å². The fraction of sp³-hybridized carbons (Fsp3) is 0.176. The molecule has 0 saturated heterocycles. The van der Waals surface area contributed by atoms with Gasteiger partial charge in [-0.05, 0) is 12.5 Å². The fourth-order valence-electron chi connectivity index (χ4n) is 2.22. The van der Waals surface area contributed by atoms with Crippen LogP contribution in [0, 0.1) is 6.92 Å². The Balaban J connectivity index is 1.72. The summed E-state index contributed by atoms with van der Waals surface area (Å²) in [6.07, 6.45) is 1.37. The first kappa shape index (κ1) is 15.7. The molecule has 0 fully saturated rings. The monoisotopic (exact) mass is 323 g/mol. The molecule has 122 valence electrons. The quantitative estimate of drug-likeness (QED) is 0.777. The number of aryl methyl sites for hydroxylation is 1. The third-order valence-electron chi connectivity index (χ3n) is 3.41. The predicted molar refractivity (Wildman–Crippen MR) is 89.8 cm³/mol. The lowest BCUT2D eigenvalue weighted by molar-refractivity contribution is 0.102. The van der Waals surface area contributed by atoms with Crippen LogP contribution in [-0.4, -0.2) is 28.1 Å². The fourth-order valence-corrected chi connectivity index (χ4v) is 2.22. The Morgan fingerprint density at radius 2 is 2.00 bits per heavy atom. The number of hydrogen-bond donors (Lipinski definition) is 1. The Morgan fingerprint density at radius 1 is 1.21 bits per heavy atom. The minimum absolute atomic E-state index is 0.264. The number of anilines is 2. The second-order valence-corrected chi connectivity index (χ2v) is 5.38. The number of nitrogens with one attached hydrogen (secondary N) is 1. The molecular formula is C17H17N5O2. The molecule has 2 heterocycles. The summed E-state index contributed by atoms with van der Waals surface area (Å²) in [5.74, 6) is 1.28. The second-order valence-electron chi connectivity index (χ2n) is 5.38. The highest BCUT2D eigenvalue weighted by atomic mass is 16.5. The Morgan fingerprint density at radius 3 is 2.71 bits per heavy atom. The SMILES string of the molecule is Cc1cc(NC(=O)c2cc(N(C)Cc3ccccc3)ncn2)no1. The molecule has 0 saturated carbocycles. The van der Waals surface area contributed by atoms with Gasteiger partial charge in [0.05, 0.1) is 0 Å². The van der Waals surface area contributed by atoms with Gasteiger partial charge in [0, 0.05) is 25.7 Å². The third-order valence-corrected chi connectivity index (χ3v) is 3.41. The second kappa shape index (κ2) is 6.91. The molecule has 0 aliphatic heterocycles. The van der Waals surface area contributed by atoms with Gasteiger partial charge in [0.2, 0.25) is 0 Å². The summed E-state index contributed by atoms with van der Waals surface area (Å²) >= 11 is 0. The molecule has 0 aliphatic carbocycles. The van der Waals surface area contributed by atoms with Crippen molar-refractivity contribution in [3.63, 3.8) is 0 Å². The standard InChI is InChI=1S/C17H17N5O2/c1-12-8-15(21-24-12)20-17(23)14-9-16(19-11-18-14)22(2)10-13-6-4-3-5-7-13/h3-9,11H,10H2,1-2H3,(H,20,21,23). The number of carbonyl (C=O) groups is 1. The molecule has 3 rings (SSSR count). The number of rotatable bonds is 5. The number of amides is 1. The zero-order valence-corrected chi connectivity index (χ0v) is 13.4. The van der Waals surface area contributed by atoms with E-state index in [9.17, 15) is 4.79 Å². The van der Waals surface area contributed by atoms with E-state index in [1.165, 1.54) is 6.33 Å². The Bertz CT molecular complexity index is 832. The molecule has 0 aliphatic rings. The van der Waals surface area contributed by atoms with Crippen molar-refractivity contribution in [3.05, 3.63) is 65.8 Å². The van der Waals surface area contributed by atoms with Gasteiger partial charge >= 0.3 is 0 Å². The lowest BCUT2D eigenvalue weighted by Crippen LogP contribution is -2.20. The van der Waals surface area contributed by atoms with Crippen LogP contribution in [0.2, 0.25) is 0 Å². The van der Waals surface area contributed by atoms with E-state index < -0.39 is 0 Å². The molecule has 3 aromatic rings. The van der Waals surface area contributed by atoms with Crippen molar-refractivity contribution in [1.29, 1.82) is 0 Å². The summed E-state index contributed by atoms with van der Waals surface area (Å²) < 4.78 is 4.92. The van der Waals surface area contributed by atoms with Crippen LogP contribution >= 0.6 is 0 Å². The van der Waals surface area contributed by atoms with E-state index in [0.717, 1.165) is 5.56 Å². The van der Waals surface area contributed by atoms with E-state index in [-0.39, 0.29) is 11.6 Å². The van der Waals surface area contributed by atoms with Crippen LogP contribution in [0.5, 0.6) is 0 Å². The number of carbonyl (C=O) groups excluding carboxylic acids is 1. The summed E-state index contributed by atoms with van der Waals surface area (Å²) in [5.41, 5.74) is 1.42. The molecule has 1 amide bonds. The molecule has 1 N–H and O–H groups in total. The van der Waals surface area contributed by atoms with E-state index in [2.05, 4.69) is 20.4 Å². The summed E-state index contributed by atoms with van der Waals surface area (Å²) in [6, 6.07) is 13.3. The van der Waals surface area contributed by atoms with E-state index in [0.29, 0.717) is 23.9 Å². The molecule has 1 aromatic carbocycles. The van der Waals surface area contributed by atoms with Gasteiger partial charge in [0.25, 0.3) is 5.91 Å². The molecule has 2 aromatic heterocycles. The van der Waals surface area contributed by atoms with Crippen molar-refractivity contribution in [3.8, 4) is 0 Å². The Kier molecular flexibility index (Phi) is 4.51. The molecule has 0 atom stereocenters. The van der Waals surface area contributed by atoms with Gasteiger partial charge in [0.15, 0.2) is 5.82 Å².